The first-order valence-electron chi connectivity index (χ1n) is 5.75. The average molecular weight is 237 g/mol. The Morgan fingerprint density at radius 1 is 1.35 bits per heavy atom. The van der Waals surface area contributed by atoms with Crippen LogP contribution in [0, 0.1) is 0 Å². The first kappa shape index (κ1) is 13.7. The number of rotatable bonds is 7. The minimum absolute atomic E-state index is 0.380. The molecule has 1 rings (SSSR count). The topological polar surface area (TPSA) is 58.6 Å². The largest absolute Gasteiger partial charge is 0.387 e. The van der Waals surface area contributed by atoms with E-state index in [4.69, 9.17) is 9.84 Å². The van der Waals surface area contributed by atoms with Gasteiger partial charge in [-0.25, -0.2) is 0 Å². The van der Waals surface area contributed by atoms with Gasteiger partial charge in [-0.15, -0.1) is 0 Å². The van der Waals surface area contributed by atoms with E-state index in [1.54, 1.807) is 7.11 Å². The van der Waals surface area contributed by atoms with Crippen molar-refractivity contribution in [2.24, 2.45) is 0 Å². The highest BCUT2D eigenvalue weighted by Gasteiger charge is 2.04. The van der Waals surface area contributed by atoms with Crippen molar-refractivity contribution in [3.8, 4) is 0 Å². The van der Waals surface area contributed by atoms with Crippen molar-refractivity contribution in [3.05, 3.63) is 29.8 Å². The Morgan fingerprint density at radius 3 is 2.82 bits per heavy atom. The van der Waals surface area contributed by atoms with Crippen LogP contribution in [0.15, 0.2) is 24.3 Å². The lowest BCUT2D eigenvalue weighted by molar-refractivity contribution is -0.118. The highest BCUT2D eigenvalue weighted by Crippen LogP contribution is 2.17. The molecule has 17 heavy (non-hydrogen) atoms. The SMILES string of the molecule is COCCCCc1ccccc1NC(=O)CO. The molecule has 0 fully saturated rings. The molecule has 4 heteroatoms. The lowest BCUT2D eigenvalue weighted by Gasteiger charge is -2.10. The molecule has 0 aliphatic rings. The molecular weight excluding hydrogens is 218 g/mol. The zero-order valence-electron chi connectivity index (χ0n) is 10.1. The van der Waals surface area contributed by atoms with Crippen LogP contribution in [0.25, 0.3) is 0 Å². The second kappa shape index (κ2) is 7.81. The van der Waals surface area contributed by atoms with Gasteiger partial charge in [0, 0.05) is 19.4 Å². The summed E-state index contributed by atoms with van der Waals surface area (Å²) in [5.74, 6) is -0.380. The van der Waals surface area contributed by atoms with Gasteiger partial charge in [-0.3, -0.25) is 4.79 Å². The molecule has 1 amide bonds. The van der Waals surface area contributed by atoms with Gasteiger partial charge in [0.05, 0.1) is 0 Å². The lowest BCUT2D eigenvalue weighted by atomic mass is 10.1. The van der Waals surface area contributed by atoms with E-state index in [1.165, 1.54) is 0 Å². The van der Waals surface area contributed by atoms with Gasteiger partial charge in [-0.05, 0) is 30.9 Å². The Bertz CT molecular complexity index is 352. The number of anilines is 1. The number of para-hydroxylation sites is 1. The van der Waals surface area contributed by atoms with Gasteiger partial charge in [0.2, 0.25) is 5.91 Å². The molecule has 0 aliphatic carbocycles. The summed E-state index contributed by atoms with van der Waals surface area (Å²) in [6, 6.07) is 7.64. The molecule has 0 aliphatic heterocycles. The molecule has 1 aromatic carbocycles. The maximum Gasteiger partial charge on any atom is 0.250 e. The predicted octanol–water partition coefficient (Wildman–Crippen LogP) is 1.59. The normalized spacial score (nSPS) is 10.2. The van der Waals surface area contributed by atoms with Crippen LogP contribution in [0.2, 0.25) is 0 Å². The van der Waals surface area contributed by atoms with Crippen molar-refractivity contribution in [2.75, 3.05) is 25.6 Å². The number of carbonyl (C=O) groups is 1. The number of nitrogens with one attached hydrogen (secondary N) is 1. The van der Waals surface area contributed by atoms with Crippen LogP contribution in [0.1, 0.15) is 18.4 Å². The monoisotopic (exact) mass is 237 g/mol. The fraction of sp³-hybridized carbons (Fsp3) is 0.462. The second-order valence-electron chi connectivity index (χ2n) is 3.81. The van der Waals surface area contributed by atoms with E-state index < -0.39 is 6.61 Å². The van der Waals surface area contributed by atoms with Gasteiger partial charge in [0.1, 0.15) is 6.61 Å². The number of ether oxygens (including phenoxy) is 1. The van der Waals surface area contributed by atoms with Crippen LogP contribution in [0.3, 0.4) is 0 Å². The van der Waals surface area contributed by atoms with E-state index in [1.807, 2.05) is 24.3 Å². The summed E-state index contributed by atoms with van der Waals surface area (Å²) < 4.78 is 4.99. The van der Waals surface area contributed by atoms with E-state index in [-0.39, 0.29) is 5.91 Å². The van der Waals surface area contributed by atoms with E-state index in [0.717, 1.165) is 37.1 Å². The lowest BCUT2D eigenvalue weighted by Crippen LogP contribution is -2.16. The van der Waals surface area contributed by atoms with Crippen LogP contribution in [0.5, 0.6) is 0 Å². The minimum Gasteiger partial charge on any atom is -0.387 e. The van der Waals surface area contributed by atoms with Crippen molar-refractivity contribution in [3.63, 3.8) is 0 Å². The molecule has 4 nitrogen and oxygen atoms in total. The summed E-state index contributed by atoms with van der Waals surface area (Å²) in [7, 11) is 1.69. The van der Waals surface area contributed by atoms with E-state index >= 15 is 0 Å². The number of aryl methyl sites for hydroxylation is 1. The number of hydrogen-bond acceptors (Lipinski definition) is 3. The number of aliphatic hydroxyl groups excluding tert-OH is 1. The standard InChI is InChI=1S/C13H19NO3/c1-17-9-5-4-7-11-6-2-3-8-12(11)14-13(16)10-15/h2-3,6,8,15H,4-5,7,9-10H2,1H3,(H,14,16). The Balaban J connectivity index is 2.54. The third kappa shape index (κ3) is 4.97. The molecule has 0 heterocycles. The van der Waals surface area contributed by atoms with Crippen molar-refractivity contribution >= 4 is 11.6 Å². The molecule has 2 N–H and O–H groups in total. The van der Waals surface area contributed by atoms with Crippen LogP contribution < -0.4 is 5.32 Å². The predicted molar refractivity (Wildman–Crippen MR) is 67.0 cm³/mol. The fourth-order valence-electron chi connectivity index (χ4n) is 1.61. The second-order valence-corrected chi connectivity index (χ2v) is 3.81. The molecule has 0 bridgehead atoms. The molecule has 0 radical (unpaired) electrons. The average Bonchev–Trinajstić information content (AvgIpc) is 2.36. The maximum absolute atomic E-state index is 11.1. The van der Waals surface area contributed by atoms with Gasteiger partial charge in [0.25, 0.3) is 0 Å². The highest BCUT2D eigenvalue weighted by atomic mass is 16.5. The number of hydrogen-bond donors (Lipinski definition) is 2. The number of aliphatic hydroxyl groups is 1. The molecule has 0 unspecified atom stereocenters. The van der Waals surface area contributed by atoms with Gasteiger partial charge in [-0.2, -0.15) is 0 Å². The number of amides is 1. The molecule has 94 valence electrons. The molecule has 0 saturated heterocycles. The summed E-state index contributed by atoms with van der Waals surface area (Å²) >= 11 is 0. The van der Waals surface area contributed by atoms with Gasteiger partial charge in [-0.1, -0.05) is 18.2 Å². The van der Waals surface area contributed by atoms with Crippen molar-refractivity contribution in [1.29, 1.82) is 0 Å². The summed E-state index contributed by atoms with van der Waals surface area (Å²) in [5, 5.41) is 11.4. The Kier molecular flexibility index (Phi) is 6.29. The van der Waals surface area contributed by atoms with Crippen LogP contribution in [-0.2, 0) is 16.0 Å². The highest BCUT2D eigenvalue weighted by molar-refractivity contribution is 5.92. The van der Waals surface area contributed by atoms with Gasteiger partial charge < -0.3 is 15.2 Å². The van der Waals surface area contributed by atoms with Crippen LogP contribution >= 0.6 is 0 Å². The fourth-order valence-corrected chi connectivity index (χ4v) is 1.61. The number of benzene rings is 1. The first-order valence-corrected chi connectivity index (χ1v) is 5.75. The third-order valence-electron chi connectivity index (χ3n) is 2.48. The van der Waals surface area contributed by atoms with Crippen molar-refractivity contribution in [1.82, 2.24) is 0 Å². The summed E-state index contributed by atoms with van der Waals surface area (Å²) in [4.78, 5) is 11.1. The van der Waals surface area contributed by atoms with Crippen LogP contribution in [-0.4, -0.2) is 31.3 Å². The zero-order chi connectivity index (χ0) is 12.5. The molecule has 0 saturated carbocycles. The van der Waals surface area contributed by atoms with Crippen LogP contribution in [0.4, 0.5) is 5.69 Å². The molecular formula is C13H19NO3. The number of unbranched alkanes of at least 4 members (excludes halogenated alkanes) is 1. The molecule has 0 spiro atoms. The molecule has 0 atom stereocenters. The van der Waals surface area contributed by atoms with Crippen molar-refractivity contribution in [2.45, 2.75) is 19.3 Å². The third-order valence-corrected chi connectivity index (χ3v) is 2.48. The Hall–Kier alpha value is -1.39. The quantitative estimate of drug-likeness (QED) is 0.708. The Morgan fingerprint density at radius 2 is 2.12 bits per heavy atom. The Labute approximate surface area is 102 Å². The van der Waals surface area contributed by atoms with E-state index in [0.29, 0.717) is 0 Å². The zero-order valence-corrected chi connectivity index (χ0v) is 10.1. The first-order chi connectivity index (χ1) is 8.27. The smallest absolute Gasteiger partial charge is 0.250 e. The maximum atomic E-state index is 11.1. The van der Waals surface area contributed by atoms with E-state index in [9.17, 15) is 4.79 Å². The summed E-state index contributed by atoms with van der Waals surface area (Å²) in [6.45, 7) is 0.267. The molecule has 1 aromatic rings. The van der Waals surface area contributed by atoms with Crippen molar-refractivity contribution < 1.29 is 14.6 Å². The van der Waals surface area contributed by atoms with Gasteiger partial charge in [0.15, 0.2) is 0 Å². The summed E-state index contributed by atoms with van der Waals surface area (Å²) in [5.41, 5.74) is 1.87. The molecule has 0 aromatic heterocycles. The van der Waals surface area contributed by atoms with E-state index in [2.05, 4.69) is 5.32 Å². The summed E-state index contributed by atoms with van der Waals surface area (Å²) in [6.07, 6.45) is 2.91. The minimum atomic E-state index is -0.488. The number of carbonyl (C=O) groups excluding carboxylic acids is 1. The number of methoxy groups -OCH3 is 1. The van der Waals surface area contributed by atoms with Gasteiger partial charge >= 0.3 is 0 Å².